The minimum absolute atomic E-state index is 0.256. The lowest BCUT2D eigenvalue weighted by molar-refractivity contribution is -0.147. The number of likely N-dealkylation sites (N-methyl/N-ethyl adjacent to an activating group) is 1. The monoisotopic (exact) mass is 379 g/mol. The molecule has 4 nitrogen and oxygen atoms in total. The molecule has 0 heterocycles. The van der Waals surface area contributed by atoms with Crippen LogP contribution in [0.1, 0.15) is 31.1 Å². The molecule has 19 heavy (non-hydrogen) atoms. The fourth-order valence-electron chi connectivity index (χ4n) is 1.72. The van der Waals surface area contributed by atoms with E-state index in [4.69, 9.17) is 0 Å². The Hall–Kier alpha value is -1.18. The summed E-state index contributed by atoms with van der Waals surface area (Å²) < 4.78 is 13.5. The Bertz CT molecular complexity index is 517. The average molecular weight is 379 g/mol. The molecule has 0 aliphatic rings. The van der Waals surface area contributed by atoms with E-state index in [9.17, 15) is 19.1 Å². The van der Waals surface area contributed by atoms with Crippen LogP contribution in [-0.2, 0) is 4.79 Å². The van der Waals surface area contributed by atoms with Crippen molar-refractivity contribution in [1.82, 2.24) is 4.90 Å². The number of nitrogens with zero attached hydrogens (tertiary/aromatic N) is 1. The maximum absolute atomic E-state index is 13.0. The van der Waals surface area contributed by atoms with Gasteiger partial charge in [-0.15, -0.1) is 0 Å². The molecule has 0 aliphatic heterocycles. The van der Waals surface area contributed by atoms with Gasteiger partial charge < -0.3 is 10.0 Å². The summed E-state index contributed by atoms with van der Waals surface area (Å²) in [4.78, 5) is 24.9. The maximum Gasteiger partial charge on any atom is 0.329 e. The summed E-state index contributed by atoms with van der Waals surface area (Å²) >= 11 is 1.86. The number of carboxylic acid groups (broad SMARTS) is 1. The summed E-state index contributed by atoms with van der Waals surface area (Å²) in [6, 6.07) is 3.81. The van der Waals surface area contributed by atoms with Crippen LogP contribution in [0.25, 0.3) is 0 Å². The number of carboxylic acids is 1. The van der Waals surface area contributed by atoms with Gasteiger partial charge in [-0.1, -0.05) is 0 Å². The average Bonchev–Trinajstić information content (AvgIpc) is 2.28. The highest BCUT2D eigenvalue weighted by molar-refractivity contribution is 14.1. The van der Waals surface area contributed by atoms with E-state index in [1.165, 1.54) is 36.9 Å². The molecule has 0 spiro atoms. The molecular formula is C13H15FINO3. The molecule has 0 aliphatic carbocycles. The first kappa shape index (κ1) is 15.9. The van der Waals surface area contributed by atoms with E-state index in [0.29, 0.717) is 9.13 Å². The van der Waals surface area contributed by atoms with Crippen molar-refractivity contribution in [1.29, 1.82) is 0 Å². The second-order valence-electron chi connectivity index (χ2n) is 4.54. The van der Waals surface area contributed by atoms with Crippen molar-refractivity contribution in [3.05, 3.63) is 33.1 Å². The van der Waals surface area contributed by atoms with E-state index in [1.54, 1.807) is 6.92 Å². The predicted octanol–water partition coefficient (Wildman–Crippen LogP) is 2.76. The molecule has 0 bridgehead atoms. The third-order valence-corrected chi connectivity index (χ3v) is 3.81. The molecule has 1 aromatic rings. The molecule has 0 aromatic heterocycles. The van der Waals surface area contributed by atoms with Crippen LogP contribution in [0.4, 0.5) is 4.39 Å². The van der Waals surface area contributed by atoms with E-state index in [0.717, 1.165) is 0 Å². The minimum atomic E-state index is -1.32. The van der Waals surface area contributed by atoms with Gasteiger partial charge in [-0.3, -0.25) is 4.79 Å². The van der Waals surface area contributed by atoms with Gasteiger partial charge in [-0.25, -0.2) is 9.18 Å². The highest BCUT2D eigenvalue weighted by atomic mass is 127. The van der Waals surface area contributed by atoms with E-state index in [2.05, 4.69) is 0 Å². The van der Waals surface area contributed by atoms with Crippen molar-refractivity contribution in [3.8, 4) is 0 Å². The van der Waals surface area contributed by atoms with E-state index < -0.39 is 23.2 Å². The normalized spacial score (nSPS) is 11.2. The lowest BCUT2D eigenvalue weighted by Crippen LogP contribution is -2.53. The Labute approximate surface area is 124 Å². The van der Waals surface area contributed by atoms with Gasteiger partial charge in [0.25, 0.3) is 5.91 Å². The fraction of sp³-hybridized carbons (Fsp3) is 0.385. The first-order valence-corrected chi connectivity index (χ1v) is 6.80. The summed E-state index contributed by atoms with van der Waals surface area (Å²) in [5.74, 6) is -1.93. The fourth-order valence-corrected chi connectivity index (χ4v) is 2.42. The Balaban J connectivity index is 3.19. The molecule has 0 saturated heterocycles. The first-order chi connectivity index (χ1) is 8.71. The van der Waals surface area contributed by atoms with Gasteiger partial charge in [0.15, 0.2) is 0 Å². The van der Waals surface area contributed by atoms with Crippen LogP contribution in [0.15, 0.2) is 18.2 Å². The van der Waals surface area contributed by atoms with E-state index in [-0.39, 0.29) is 6.54 Å². The number of hydrogen-bond acceptors (Lipinski definition) is 2. The molecule has 1 N–H and O–H groups in total. The minimum Gasteiger partial charge on any atom is -0.480 e. The van der Waals surface area contributed by atoms with Crippen LogP contribution in [-0.4, -0.2) is 34.0 Å². The molecule has 1 rings (SSSR count). The molecule has 0 unspecified atom stereocenters. The van der Waals surface area contributed by atoms with Crippen LogP contribution < -0.4 is 0 Å². The first-order valence-electron chi connectivity index (χ1n) is 5.72. The van der Waals surface area contributed by atoms with E-state index in [1.807, 2.05) is 22.6 Å². The Kier molecular flexibility index (Phi) is 4.89. The van der Waals surface area contributed by atoms with Gasteiger partial charge >= 0.3 is 5.97 Å². The Morgan fingerprint density at radius 1 is 1.42 bits per heavy atom. The van der Waals surface area contributed by atoms with Crippen LogP contribution in [0.2, 0.25) is 0 Å². The van der Waals surface area contributed by atoms with Crippen molar-refractivity contribution >= 4 is 34.5 Å². The molecule has 6 heteroatoms. The van der Waals surface area contributed by atoms with Gasteiger partial charge in [0, 0.05) is 10.1 Å². The molecule has 0 radical (unpaired) electrons. The molecular weight excluding hydrogens is 364 g/mol. The maximum atomic E-state index is 13.0. The van der Waals surface area contributed by atoms with Gasteiger partial charge in [0.05, 0.1) is 5.56 Å². The van der Waals surface area contributed by atoms with Crippen LogP contribution in [0.5, 0.6) is 0 Å². The van der Waals surface area contributed by atoms with Crippen LogP contribution in [0, 0.1) is 9.39 Å². The molecule has 0 saturated carbocycles. The predicted molar refractivity (Wildman–Crippen MR) is 77.5 cm³/mol. The molecule has 1 aromatic carbocycles. The molecule has 104 valence electrons. The standard InChI is InChI=1S/C13H15FINO3/c1-4-16(13(2,3)12(18)19)11(17)9-6-5-8(14)7-10(9)15/h5-7H,4H2,1-3H3,(H,18,19). The zero-order chi connectivity index (χ0) is 14.8. The largest absolute Gasteiger partial charge is 0.480 e. The van der Waals surface area contributed by atoms with Crippen molar-refractivity contribution in [2.75, 3.05) is 6.54 Å². The van der Waals surface area contributed by atoms with Gasteiger partial charge in [0.2, 0.25) is 0 Å². The highest BCUT2D eigenvalue weighted by Gasteiger charge is 2.37. The van der Waals surface area contributed by atoms with Crippen molar-refractivity contribution in [3.63, 3.8) is 0 Å². The number of rotatable bonds is 4. The number of amides is 1. The van der Waals surface area contributed by atoms with Gasteiger partial charge in [-0.05, 0) is 61.6 Å². The smallest absolute Gasteiger partial charge is 0.329 e. The second-order valence-corrected chi connectivity index (χ2v) is 5.70. The van der Waals surface area contributed by atoms with Gasteiger partial charge in [0.1, 0.15) is 11.4 Å². The summed E-state index contributed by atoms with van der Waals surface area (Å²) in [7, 11) is 0. The SMILES string of the molecule is CCN(C(=O)c1ccc(F)cc1I)C(C)(C)C(=O)O. The number of benzene rings is 1. The Morgan fingerprint density at radius 3 is 2.42 bits per heavy atom. The lowest BCUT2D eigenvalue weighted by atomic mass is 10.0. The summed E-state index contributed by atoms with van der Waals surface area (Å²) in [5, 5.41) is 9.20. The number of aliphatic carboxylic acids is 1. The summed E-state index contributed by atoms with van der Waals surface area (Å²) in [6.45, 7) is 4.89. The zero-order valence-corrected chi connectivity index (χ0v) is 13.1. The third kappa shape index (κ3) is 3.23. The van der Waals surface area contributed by atoms with Crippen molar-refractivity contribution < 1.29 is 19.1 Å². The van der Waals surface area contributed by atoms with Crippen molar-refractivity contribution in [2.24, 2.45) is 0 Å². The highest BCUT2D eigenvalue weighted by Crippen LogP contribution is 2.21. The Morgan fingerprint density at radius 2 is 2.00 bits per heavy atom. The lowest BCUT2D eigenvalue weighted by Gasteiger charge is -2.34. The third-order valence-electron chi connectivity index (χ3n) is 2.92. The number of carbonyl (C=O) groups excluding carboxylic acids is 1. The van der Waals surface area contributed by atoms with Crippen LogP contribution in [0.3, 0.4) is 0 Å². The topological polar surface area (TPSA) is 57.6 Å². The zero-order valence-electron chi connectivity index (χ0n) is 10.9. The summed E-state index contributed by atoms with van der Waals surface area (Å²) in [6.07, 6.45) is 0. The van der Waals surface area contributed by atoms with Crippen LogP contribution >= 0.6 is 22.6 Å². The molecule has 0 fully saturated rings. The quantitative estimate of drug-likeness (QED) is 0.819. The van der Waals surface area contributed by atoms with E-state index >= 15 is 0 Å². The number of carbonyl (C=O) groups is 2. The number of halogens is 2. The molecule has 0 atom stereocenters. The number of hydrogen-bond donors (Lipinski definition) is 1. The second kappa shape index (κ2) is 5.85. The van der Waals surface area contributed by atoms with Crippen molar-refractivity contribution in [2.45, 2.75) is 26.3 Å². The summed E-state index contributed by atoms with van der Waals surface area (Å²) in [5.41, 5.74) is -1.01. The van der Waals surface area contributed by atoms with Gasteiger partial charge in [-0.2, -0.15) is 0 Å². The molecule has 1 amide bonds.